The van der Waals surface area contributed by atoms with Gasteiger partial charge in [-0.3, -0.25) is 4.79 Å². The number of ether oxygens (including phenoxy) is 1. The van der Waals surface area contributed by atoms with E-state index in [0.717, 1.165) is 5.57 Å². The topological polar surface area (TPSA) is 55.6 Å². The lowest BCUT2D eigenvalue weighted by Gasteiger charge is -2.49. The molecule has 1 aromatic carbocycles. The van der Waals surface area contributed by atoms with Gasteiger partial charge in [0.05, 0.1) is 25.3 Å². The lowest BCUT2D eigenvalue weighted by atomic mass is 9.94. The number of hydrogen-bond acceptors (Lipinski definition) is 3. The van der Waals surface area contributed by atoms with Crippen molar-refractivity contribution in [3.05, 3.63) is 59.1 Å². The van der Waals surface area contributed by atoms with Gasteiger partial charge in [0.1, 0.15) is 11.5 Å². The highest BCUT2D eigenvalue weighted by molar-refractivity contribution is 5.92. The van der Waals surface area contributed by atoms with E-state index in [1.54, 1.807) is 24.3 Å². The van der Waals surface area contributed by atoms with E-state index in [1.807, 2.05) is 11.8 Å². The molecule has 1 aromatic rings. The Morgan fingerprint density at radius 3 is 2.74 bits per heavy atom. The van der Waals surface area contributed by atoms with Gasteiger partial charge in [0.15, 0.2) is 0 Å². The number of carbonyl (C=O) groups excluding carboxylic acids is 1. The molecule has 2 heterocycles. The summed E-state index contributed by atoms with van der Waals surface area (Å²) >= 11 is 0. The smallest absolute Gasteiger partial charge is 0.265 e. The second-order valence-corrected chi connectivity index (χ2v) is 5.94. The molecular weight excluding hydrogens is 295 g/mol. The Morgan fingerprint density at radius 1 is 1.35 bits per heavy atom. The van der Waals surface area contributed by atoms with Crippen LogP contribution in [0.25, 0.3) is 0 Å². The Morgan fingerprint density at radius 2 is 2.13 bits per heavy atom. The number of nitrogens with zero attached hydrogens (tertiary/aromatic N) is 1. The number of amides is 1. The zero-order valence-corrected chi connectivity index (χ0v) is 12.8. The summed E-state index contributed by atoms with van der Waals surface area (Å²) in [5.74, 6) is 5.21. The molecule has 2 aliphatic heterocycles. The van der Waals surface area contributed by atoms with Crippen LogP contribution in [0.1, 0.15) is 12.5 Å². The van der Waals surface area contributed by atoms with Gasteiger partial charge >= 0.3 is 0 Å². The number of allylic oxidation sites excluding steroid dienone is 2. The number of carbonyl (C=O) groups is 1. The van der Waals surface area contributed by atoms with Gasteiger partial charge in [-0.25, -0.2) is 4.39 Å². The molecule has 0 saturated carbocycles. The van der Waals surface area contributed by atoms with Gasteiger partial charge in [-0.1, -0.05) is 17.9 Å². The average molecular weight is 312 g/mol. The van der Waals surface area contributed by atoms with E-state index in [4.69, 9.17) is 10.5 Å². The second-order valence-electron chi connectivity index (χ2n) is 5.94. The summed E-state index contributed by atoms with van der Waals surface area (Å²) in [5.41, 5.74) is 7.13. The maximum absolute atomic E-state index is 13.2. The second kappa shape index (κ2) is 5.90. The van der Waals surface area contributed by atoms with Gasteiger partial charge < -0.3 is 15.4 Å². The van der Waals surface area contributed by atoms with Crippen molar-refractivity contribution >= 4 is 5.91 Å². The van der Waals surface area contributed by atoms with Gasteiger partial charge in [-0.15, -0.1) is 0 Å². The summed E-state index contributed by atoms with van der Waals surface area (Å²) in [4.78, 5) is 13.6. The van der Waals surface area contributed by atoms with Crippen molar-refractivity contribution in [2.75, 3.05) is 19.8 Å². The van der Waals surface area contributed by atoms with Gasteiger partial charge in [0.2, 0.25) is 0 Å². The van der Waals surface area contributed by atoms with E-state index in [9.17, 15) is 9.18 Å². The lowest BCUT2D eigenvalue weighted by Crippen LogP contribution is -2.61. The van der Waals surface area contributed by atoms with Crippen LogP contribution in [0.5, 0.6) is 0 Å². The quantitative estimate of drug-likeness (QED) is 0.844. The van der Waals surface area contributed by atoms with Crippen molar-refractivity contribution in [1.29, 1.82) is 0 Å². The van der Waals surface area contributed by atoms with Gasteiger partial charge in [-0.2, -0.15) is 0 Å². The highest BCUT2D eigenvalue weighted by Crippen LogP contribution is 2.31. The molecule has 0 aromatic heterocycles. The Balaban J connectivity index is 1.86. The fourth-order valence-electron chi connectivity index (χ4n) is 2.63. The predicted molar refractivity (Wildman–Crippen MR) is 84.6 cm³/mol. The standard InChI is InChI=1S/C18H17FN2O2/c1-18(11-23-12-18)21-10-14(7-8-16(21)17(20)22)6-5-13-3-2-4-15(19)9-13/h2-4,7-9H,10-12H2,1H3,(H2,20,22). The first-order valence-corrected chi connectivity index (χ1v) is 7.32. The Hall–Kier alpha value is -2.58. The molecule has 0 atom stereocenters. The summed E-state index contributed by atoms with van der Waals surface area (Å²) in [6.07, 6.45) is 3.47. The summed E-state index contributed by atoms with van der Waals surface area (Å²) in [6.45, 7) is 3.59. The van der Waals surface area contributed by atoms with Crippen LogP contribution < -0.4 is 5.73 Å². The highest BCUT2D eigenvalue weighted by atomic mass is 19.1. The van der Waals surface area contributed by atoms with Gasteiger partial charge in [0.25, 0.3) is 5.91 Å². The van der Waals surface area contributed by atoms with E-state index < -0.39 is 5.91 Å². The molecule has 0 bridgehead atoms. The van der Waals surface area contributed by atoms with Crippen molar-refractivity contribution in [3.63, 3.8) is 0 Å². The SMILES string of the molecule is CC1(N2CC(C#Cc3cccc(F)c3)=CC=C2C(N)=O)COC1. The number of nitrogens with two attached hydrogens (primary N) is 1. The summed E-state index contributed by atoms with van der Waals surface area (Å²) in [5, 5.41) is 0. The summed E-state index contributed by atoms with van der Waals surface area (Å²) in [6, 6.07) is 6.15. The first-order chi connectivity index (χ1) is 11.0. The van der Waals surface area contributed by atoms with Crippen LogP contribution in [0.2, 0.25) is 0 Å². The molecule has 0 spiro atoms. The van der Waals surface area contributed by atoms with E-state index in [2.05, 4.69) is 11.8 Å². The van der Waals surface area contributed by atoms with Crippen LogP contribution >= 0.6 is 0 Å². The molecule has 1 fully saturated rings. The molecule has 1 amide bonds. The third-order valence-electron chi connectivity index (χ3n) is 3.98. The third kappa shape index (κ3) is 3.13. The molecule has 2 N–H and O–H groups in total. The van der Waals surface area contributed by atoms with Crippen molar-refractivity contribution < 1.29 is 13.9 Å². The van der Waals surface area contributed by atoms with Gasteiger partial charge in [-0.05, 0) is 37.3 Å². The fourth-order valence-corrected chi connectivity index (χ4v) is 2.63. The number of primary amides is 1. The van der Waals surface area contributed by atoms with Crippen molar-refractivity contribution in [3.8, 4) is 11.8 Å². The predicted octanol–water partition coefficient (Wildman–Crippen LogP) is 1.58. The first-order valence-electron chi connectivity index (χ1n) is 7.32. The molecule has 2 aliphatic rings. The summed E-state index contributed by atoms with van der Waals surface area (Å²) in [7, 11) is 0. The van der Waals surface area contributed by atoms with Crippen LogP contribution in [-0.2, 0) is 9.53 Å². The number of halogens is 1. The average Bonchev–Trinajstić information content (AvgIpc) is 2.50. The van der Waals surface area contributed by atoms with Crippen molar-refractivity contribution in [1.82, 2.24) is 4.90 Å². The molecule has 23 heavy (non-hydrogen) atoms. The van der Waals surface area contributed by atoms with E-state index in [-0.39, 0.29) is 11.4 Å². The van der Waals surface area contributed by atoms with Crippen LogP contribution in [0, 0.1) is 17.7 Å². The Kier molecular flexibility index (Phi) is 3.93. The minimum atomic E-state index is -0.466. The van der Waals surface area contributed by atoms with E-state index in [1.165, 1.54) is 12.1 Å². The van der Waals surface area contributed by atoms with Crippen LogP contribution in [0.15, 0.2) is 47.7 Å². The third-order valence-corrected chi connectivity index (χ3v) is 3.98. The van der Waals surface area contributed by atoms with Crippen LogP contribution in [0.4, 0.5) is 4.39 Å². The molecule has 3 rings (SSSR count). The minimum absolute atomic E-state index is 0.249. The number of hydrogen-bond donors (Lipinski definition) is 1. The largest absolute Gasteiger partial charge is 0.376 e. The molecular formula is C18H17FN2O2. The molecule has 1 saturated heterocycles. The first kappa shape index (κ1) is 15.3. The number of rotatable bonds is 2. The molecule has 0 radical (unpaired) electrons. The Bertz CT molecular complexity index is 767. The number of benzene rings is 1. The van der Waals surface area contributed by atoms with E-state index in [0.29, 0.717) is 31.0 Å². The normalized spacial score (nSPS) is 19.0. The van der Waals surface area contributed by atoms with E-state index >= 15 is 0 Å². The zero-order chi connectivity index (χ0) is 16.4. The maximum Gasteiger partial charge on any atom is 0.265 e. The molecule has 0 unspecified atom stereocenters. The monoisotopic (exact) mass is 312 g/mol. The van der Waals surface area contributed by atoms with Crippen molar-refractivity contribution in [2.24, 2.45) is 5.73 Å². The van der Waals surface area contributed by atoms with Crippen molar-refractivity contribution in [2.45, 2.75) is 12.5 Å². The highest BCUT2D eigenvalue weighted by Gasteiger charge is 2.42. The fraction of sp³-hybridized carbons (Fsp3) is 0.278. The summed E-state index contributed by atoms with van der Waals surface area (Å²) < 4.78 is 18.5. The minimum Gasteiger partial charge on any atom is -0.376 e. The maximum atomic E-state index is 13.2. The van der Waals surface area contributed by atoms with Crippen LogP contribution in [0.3, 0.4) is 0 Å². The van der Waals surface area contributed by atoms with Gasteiger partial charge in [0, 0.05) is 11.1 Å². The van der Waals surface area contributed by atoms with Crippen LogP contribution in [-0.4, -0.2) is 36.1 Å². The molecule has 0 aliphatic carbocycles. The molecule has 4 nitrogen and oxygen atoms in total. The molecule has 118 valence electrons. The lowest BCUT2D eigenvalue weighted by molar-refractivity contribution is -0.130. The zero-order valence-electron chi connectivity index (χ0n) is 12.8. The molecule has 5 heteroatoms. The Labute approximate surface area is 134 Å².